The van der Waals surface area contributed by atoms with Gasteiger partial charge < -0.3 is 10.1 Å². The van der Waals surface area contributed by atoms with Crippen LogP contribution in [0.5, 0.6) is 0 Å². The number of carbonyl (C=O) groups excluding carboxylic acids is 1. The number of rotatable bonds is 1. The standard InChI is InChI=1S/C8H10F3NO2.ClH/c1-14-7(13)4-2-3-5(6(3)12-4)8(9,10)11;/h3-6,12H,2H2,1H3;1H/t3-,4-,5-,6-;/m0./s1. The molecule has 15 heavy (non-hydrogen) atoms. The molecule has 1 aliphatic carbocycles. The van der Waals surface area contributed by atoms with Gasteiger partial charge in [-0.15, -0.1) is 12.4 Å². The van der Waals surface area contributed by atoms with E-state index in [2.05, 4.69) is 10.1 Å². The summed E-state index contributed by atoms with van der Waals surface area (Å²) >= 11 is 0. The fourth-order valence-corrected chi connectivity index (χ4v) is 2.22. The molecular weight excluding hydrogens is 235 g/mol. The molecule has 2 rings (SSSR count). The van der Waals surface area contributed by atoms with E-state index >= 15 is 0 Å². The van der Waals surface area contributed by atoms with Gasteiger partial charge in [-0.2, -0.15) is 13.2 Å². The molecule has 1 saturated heterocycles. The first-order valence-electron chi connectivity index (χ1n) is 4.35. The Morgan fingerprint density at radius 1 is 1.47 bits per heavy atom. The number of carbonyl (C=O) groups is 1. The maximum Gasteiger partial charge on any atom is 0.393 e. The second-order valence-corrected chi connectivity index (χ2v) is 3.74. The molecule has 88 valence electrons. The van der Waals surface area contributed by atoms with Crippen molar-refractivity contribution in [2.75, 3.05) is 7.11 Å². The van der Waals surface area contributed by atoms with Gasteiger partial charge in [-0.1, -0.05) is 0 Å². The van der Waals surface area contributed by atoms with E-state index in [0.717, 1.165) is 0 Å². The van der Waals surface area contributed by atoms with Gasteiger partial charge in [0.05, 0.1) is 13.0 Å². The van der Waals surface area contributed by atoms with E-state index in [-0.39, 0.29) is 18.8 Å². The van der Waals surface area contributed by atoms with E-state index in [1.165, 1.54) is 7.11 Å². The molecule has 3 nitrogen and oxygen atoms in total. The van der Waals surface area contributed by atoms with Crippen LogP contribution in [-0.4, -0.2) is 31.3 Å². The van der Waals surface area contributed by atoms with Crippen molar-refractivity contribution in [3.8, 4) is 0 Å². The van der Waals surface area contributed by atoms with Crippen molar-refractivity contribution in [1.29, 1.82) is 0 Å². The van der Waals surface area contributed by atoms with Crippen molar-refractivity contribution in [3.05, 3.63) is 0 Å². The van der Waals surface area contributed by atoms with Crippen LogP contribution in [-0.2, 0) is 9.53 Å². The molecule has 1 heterocycles. The predicted octanol–water partition coefficient (Wildman–Crippen LogP) is 1.12. The SMILES string of the molecule is COC(=O)[C@@H]1C[C@@H]2[C@H](N1)[C@H]2C(F)(F)F.Cl. The number of piperidine rings is 1. The molecule has 0 bridgehead atoms. The van der Waals surface area contributed by atoms with Gasteiger partial charge in [0.15, 0.2) is 0 Å². The van der Waals surface area contributed by atoms with Gasteiger partial charge in [0.25, 0.3) is 0 Å². The number of esters is 1. The third-order valence-corrected chi connectivity index (χ3v) is 2.93. The lowest BCUT2D eigenvalue weighted by Crippen LogP contribution is -2.38. The summed E-state index contributed by atoms with van der Waals surface area (Å²) in [5, 5.41) is 2.64. The zero-order valence-corrected chi connectivity index (χ0v) is 8.69. The molecule has 0 amide bonds. The van der Waals surface area contributed by atoms with Crippen LogP contribution in [0.1, 0.15) is 6.42 Å². The van der Waals surface area contributed by atoms with Crippen LogP contribution in [0.25, 0.3) is 0 Å². The molecule has 7 heteroatoms. The van der Waals surface area contributed by atoms with Crippen LogP contribution in [0.3, 0.4) is 0 Å². The molecule has 4 atom stereocenters. The van der Waals surface area contributed by atoms with E-state index in [1.54, 1.807) is 0 Å². The summed E-state index contributed by atoms with van der Waals surface area (Å²) in [4.78, 5) is 11.0. The molecule has 1 aliphatic heterocycles. The topological polar surface area (TPSA) is 38.3 Å². The summed E-state index contributed by atoms with van der Waals surface area (Å²) < 4.78 is 41.1. The van der Waals surface area contributed by atoms with E-state index in [1.807, 2.05) is 0 Å². The maximum atomic E-state index is 12.2. The Kier molecular flexibility index (Phi) is 3.21. The lowest BCUT2D eigenvalue weighted by molar-refractivity contribution is -0.157. The Hall–Kier alpha value is -0.490. The molecule has 2 aliphatic rings. The van der Waals surface area contributed by atoms with Crippen molar-refractivity contribution in [2.45, 2.75) is 24.7 Å². The zero-order valence-electron chi connectivity index (χ0n) is 7.88. The van der Waals surface area contributed by atoms with Crippen molar-refractivity contribution >= 4 is 18.4 Å². The van der Waals surface area contributed by atoms with E-state index in [4.69, 9.17) is 0 Å². The predicted molar refractivity (Wildman–Crippen MR) is 47.6 cm³/mol. The van der Waals surface area contributed by atoms with Crippen LogP contribution in [0, 0.1) is 11.8 Å². The second-order valence-electron chi connectivity index (χ2n) is 3.74. The van der Waals surface area contributed by atoms with Crippen molar-refractivity contribution in [3.63, 3.8) is 0 Å². The van der Waals surface area contributed by atoms with Gasteiger partial charge in [0.2, 0.25) is 0 Å². The lowest BCUT2D eigenvalue weighted by Gasteiger charge is -2.14. The summed E-state index contributed by atoms with van der Waals surface area (Å²) in [6.45, 7) is 0. The number of methoxy groups -OCH3 is 1. The third kappa shape index (κ3) is 2.06. The monoisotopic (exact) mass is 245 g/mol. The summed E-state index contributed by atoms with van der Waals surface area (Å²) in [6, 6.07) is -1.12. The maximum absolute atomic E-state index is 12.2. The average Bonchev–Trinajstić information content (AvgIpc) is 2.63. The van der Waals surface area contributed by atoms with Crippen molar-refractivity contribution < 1.29 is 22.7 Å². The second kappa shape index (κ2) is 3.83. The van der Waals surface area contributed by atoms with Crippen LogP contribution >= 0.6 is 12.4 Å². The molecule has 1 saturated carbocycles. The van der Waals surface area contributed by atoms with E-state index in [9.17, 15) is 18.0 Å². The van der Waals surface area contributed by atoms with Crippen molar-refractivity contribution in [2.24, 2.45) is 11.8 Å². The van der Waals surface area contributed by atoms with Crippen LogP contribution in [0.4, 0.5) is 13.2 Å². The smallest absolute Gasteiger partial charge is 0.393 e. The molecular formula is C8H11ClF3NO2. The van der Waals surface area contributed by atoms with Crippen LogP contribution < -0.4 is 5.32 Å². The summed E-state index contributed by atoms with van der Waals surface area (Å²) in [6.07, 6.45) is -3.90. The first-order valence-corrected chi connectivity index (χ1v) is 4.35. The Morgan fingerprint density at radius 3 is 2.40 bits per heavy atom. The average molecular weight is 246 g/mol. The molecule has 0 aromatic rings. The summed E-state index contributed by atoms with van der Waals surface area (Å²) in [5.74, 6) is -2.17. The molecule has 2 fully saturated rings. The van der Waals surface area contributed by atoms with Gasteiger partial charge in [-0.3, -0.25) is 4.79 Å². The Morgan fingerprint density at radius 2 is 2.07 bits per heavy atom. The van der Waals surface area contributed by atoms with E-state index in [0.29, 0.717) is 0 Å². The van der Waals surface area contributed by atoms with Gasteiger partial charge in [-0.25, -0.2) is 0 Å². The highest BCUT2D eigenvalue weighted by atomic mass is 35.5. The number of hydrogen-bond acceptors (Lipinski definition) is 3. The minimum Gasteiger partial charge on any atom is -0.468 e. The summed E-state index contributed by atoms with van der Waals surface area (Å²) in [7, 11) is 1.23. The van der Waals surface area contributed by atoms with Crippen molar-refractivity contribution in [1.82, 2.24) is 5.32 Å². The highest BCUT2D eigenvalue weighted by molar-refractivity contribution is 5.85. The molecule has 0 unspecified atom stereocenters. The fraction of sp³-hybridized carbons (Fsp3) is 0.875. The quantitative estimate of drug-likeness (QED) is 0.704. The molecule has 0 spiro atoms. The summed E-state index contributed by atoms with van der Waals surface area (Å²) in [5.41, 5.74) is 0. The number of alkyl halides is 3. The first kappa shape index (κ1) is 12.6. The number of hydrogen-bond donors (Lipinski definition) is 1. The Bertz CT molecular complexity index is 259. The van der Waals surface area contributed by atoms with Gasteiger partial charge in [0, 0.05) is 6.04 Å². The lowest BCUT2D eigenvalue weighted by atomic mass is 10.1. The molecule has 0 aromatic heterocycles. The fourth-order valence-electron chi connectivity index (χ4n) is 2.22. The first-order chi connectivity index (χ1) is 6.45. The van der Waals surface area contributed by atoms with E-state index < -0.39 is 36.1 Å². The number of ether oxygens (including phenoxy) is 1. The Balaban J connectivity index is 0.00000112. The van der Waals surface area contributed by atoms with Gasteiger partial charge in [-0.05, 0) is 12.3 Å². The van der Waals surface area contributed by atoms with Gasteiger partial charge >= 0.3 is 12.1 Å². The number of nitrogens with one attached hydrogen (secondary N) is 1. The molecule has 0 radical (unpaired) electrons. The minimum absolute atomic E-state index is 0. The van der Waals surface area contributed by atoms with Gasteiger partial charge in [0.1, 0.15) is 6.04 Å². The van der Waals surface area contributed by atoms with Crippen LogP contribution in [0.2, 0.25) is 0 Å². The zero-order chi connectivity index (χ0) is 10.5. The third-order valence-electron chi connectivity index (χ3n) is 2.93. The Labute approximate surface area is 90.8 Å². The normalized spacial score (nSPS) is 37.9. The largest absolute Gasteiger partial charge is 0.468 e. The highest BCUT2D eigenvalue weighted by Crippen LogP contribution is 2.55. The van der Waals surface area contributed by atoms with Crippen LogP contribution in [0.15, 0.2) is 0 Å². The number of halogens is 4. The molecule has 0 aromatic carbocycles. The minimum atomic E-state index is -4.14. The highest BCUT2D eigenvalue weighted by Gasteiger charge is 2.68. The number of fused-ring (bicyclic) bond motifs is 1. The molecule has 1 N–H and O–H groups in total.